The zero-order valence-corrected chi connectivity index (χ0v) is 10.4. The second-order valence-corrected chi connectivity index (χ2v) is 4.03. The number of rotatable bonds is 3. The monoisotopic (exact) mass is 247 g/mol. The van der Waals surface area contributed by atoms with Crippen molar-refractivity contribution in [3.8, 4) is 5.75 Å². The van der Waals surface area contributed by atoms with Crippen LogP contribution >= 0.6 is 0 Å². The molecule has 0 saturated carbocycles. The summed E-state index contributed by atoms with van der Waals surface area (Å²) in [5.74, 6) is -0.754. The van der Waals surface area contributed by atoms with Crippen molar-refractivity contribution in [3.63, 3.8) is 0 Å². The number of fused-ring (bicyclic) bond motifs is 1. The molecule has 0 radical (unpaired) electrons. The Balaban J connectivity index is 2.91. The summed E-state index contributed by atoms with van der Waals surface area (Å²) in [6, 6.07) is 5.13. The van der Waals surface area contributed by atoms with Crippen LogP contribution in [0.15, 0.2) is 18.2 Å². The van der Waals surface area contributed by atoms with Gasteiger partial charge in [-0.25, -0.2) is 4.79 Å². The third kappa shape index (κ3) is 1.64. The highest BCUT2D eigenvalue weighted by molar-refractivity contribution is 6.14. The average molecular weight is 247 g/mol. The van der Waals surface area contributed by atoms with Gasteiger partial charge in [0.1, 0.15) is 11.4 Å². The molecule has 0 aliphatic rings. The summed E-state index contributed by atoms with van der Waals surface area (Å²) in [7, 11) is 3.16. The molecule has 1 aromatic carbocycles. The van der Waals surface area contributed by atoms with E-state index >= 15 is 0 Å². The number of ketones is 1. The molecule has 18 heavy (non-hydrogen) atoms. The van der Waals surface area contributed by atoms with Crippen LogP contribution in [0.2, 0.25) is 0 Å². The van der Waals surface area contributed by atoms with Gasteiger partial charge in [-0.2, -0.15) is 0 Å². The third-order valence-corrected chi connectivity index (χ3v) is 2.96. The molecule has 5 nitrogen and oxygen atoms in total. The molecule has 2 aromatic rings. The number of ether oxygens (including phenoxy) is 1. The van der Waals surface area contributed by atoms with Gasteiger partial charge in [-0.1, -0.05) is 0 Å². The largest absolute Gasteiger partial charge is 0.497 e. The number of aromatic carboxylic acids is 1. The molecule has 0 atom stereocenters. The number of hydrogen-bond donors (Lipinski definition) is 1. The molecule has 0 amide bonds. The van der Waals surface area contributed by atoms with E-state index in [1.165, 1.54) is 18.6 Å². The van der Waals surface area contributed by atoms with Crippen molar-refractivity contribution in [1.82, 2.24) is 4.57 Å². The fourth-order valence-corrected chi connectivity index (χ4v) is 2.15. The molecule has 1 aromatic heterocycles. The van der Waals surface area contributed by atoms with E-state index in [4.69, 9.17) is 4.74 Å². The highest BCUT2D eigenvalue weighted by Gasteiger charge is 2.23. The Bertz CT molecular complexity index is 655. The fourth-order valence-electron chi connectivity index (χ4n) is 2.15. The van der Waals surface area contributed by atoms with Crippen LogP contribution in [-0.2, 0) is 7.05 Å². The molecule has 0 bridgehead atoms. The Morgan fingerprint density at radius 1 is 1.33 bits per heavy atom. The van der Waals surface area contributed by atoms with Gasteiger partial charge in [0.25, 0.3) is 0 Å². The molecule has 94 valence electrons. The molecule has 1 N–H and O–H groups in total. The number of carboxylic acid groups (broad SMARTS) is 1. The van der Waals surface area contributed by atoms with Crippen molar-refractivity contribution in [3.05, 3.63) is 29.5 Å². The van der Waals surface area contributed by atoms with Crippen molar-refractivity contribution in [1.29, 1.82) is 0 Å². The number of nitrogens with zero attached hydrogens (tertiary/aromatic N) is 1. The molecule has 2 rings (SSSR count). The SMILES string of the molecule is COc1ccc2c(C(C)=O)c(C(=O)O)n(C)c2c1. The van der Waals surface area contributed by atoms with E-state index in [1.807, 2.05) is 0 Å². The molecule has 0 fully saturated rings. The topological polar surface area (TPSA) is 68.5 Å². The van der Waals surface area contributed by atoms with Crippen LogP contribution in [0.5, 0.6) is 5.75 Å². The van der Waals surface area contributed by atoms with Crippen LogP contribution < -0.4 is 4.74 Å². The van der Waals surface area contributed by atoms with E-state index < -0.39 is 5.97 Å². The van der Waals surface area contributed by atoms with E-state index in [-0.39, 0.29) is 17.0 Å². The lowest BCUT2D eigenvalue weighted by molar-refractivity contribution is 0.0682. The van der Waals surface area contributed by atoms with Crippen molar-refractivity contribution < 1.29 is 19.4 Å². The van der Waals surface area contributed by atoms with Crippen LogP contribution in [0.4, 0.5) is 0 Å². The summed E-state index contributed by atoms with van der Waals surface area (Å²) in [6.45, 7) is 1.37. The first-order valence-corrected chi connectivity index (χ1v) is 5.38. The number of aryl methyl sites for hydroxylation is 1. The Hall–Kier alpha value is -2.30. The van der Waals surface area contributed by atoms with E-state index in [2.05, 4.69) is 0 Å². The summed E-state index contributed by atoms with van der Waals surface area (Å²) in [4.78, 5) is 22.9. The fraction of sp³-hybridized carbons (Fsp3) is 0.231. The van der Waals surface area contributed by atoms with E-state index in [9.17, 15) is 14.7 Å². The van der Waals surface area contributed by atoms with E-state index in [1.54, 1.807) is 25.2 Å². The first kappa shape index (κ1) is 12.2. The van der Waals surface area contributed by atoms with Gasteiger partial charge < -0.3 is 14.4 Å². The Morgan fingerprint density at radius 3 is 2.50 bits per heavy atom. The van der Waals surface area contributed by atoms with Crippen molar-refractivity contribution in [2.24, 2.45) is 7.05 Å². The number of benzene rings is 1. The van der Waals surface area contributed by atoms with Crippen LogP contribution in [0.25, 0.3) is 10.9 Å². The first-order chi connectivity index (χ1) is 8.47. The van der Waals surface area contributed by atoms with Crippen molar-refractivity contribution in [2.45, 2.75) is 6.92 Å². The van der Waals surface area contributed by atoms with Gasteiger partial charge >= 0.3 is 5.97 Å². The number of methoxy groups -OCH3 is 1. The molecular formula is C13H13NO4. The predicted octanol–water partition coefficient (Wildman–Crippen LogP) is 2.09. The predicted molar refractivity (Wildman–Crippen MR) is 66.4 cm³/mol. The lowest BCUT2D eigenvalue weighted by Gasteiger charge is -2.01. The maximum atomic E-state index is 11.6. The Morgan fingerprint density at radius 2 is 2.00 bits per heavy atom. The highest BCUT2D eigenvalue weighted by Crippen LogP contribution is 2.29. The van der Waals surface area contributed by atoms with E-state index in [0.717, 1.165) is 0 Å². The summed E-state index contributed by atoms with van der Waals surface area (Å²) in [6.07, 6.45) is 0. The van der Waals surface area contributed by atoms with Gasteiger partial charge in [-0.15, -0.1) is 0 Å². The van der Waals surface area contributed by atoms with Gasteiger partial charge in [0, 0.05) is 18.5 Å². The molecule has 0 unspecified atom stereocenters. The lowest BCUT2D eigenvalue weighted by atomic mass is 10.1. The minimum Gasteiger partial charge on any atom is -0.497 e. The van der Waals surface area contributed by atoms with Crippen LogP contribution in [0.1, 0.15) is 27.8 Å². The van der Waals surface area contributed by atoms with Crippen LogP contribution in [-0.4, -0.2) is 28.5 Å². The average Bonchev–Trinajstić information content (AvgIpc) is 2.62. The zero-order valence-electron chi connectivity index (χ0n) is 10.4. The van der Waals surface area contributed by atoms with Gasteiger partial charge in [-0.3, -0.25) is 4.79 Å². The van der Waals surface area contributed by atoms with Gasteiger partial charge in [-0.05, 0) is 19.1 Å². The summed E-state index contributed by atoms with van der Waals surface area (Å²) in [5, 5.41) is 9.85. The van der Waals surface area contributed by atoms with Crippen molar-refractivity contribution >= 4 is 22.7 Å². The summed E-state index contributed by atoms with van der Waals surface area (Å²) in [5.41, 5.74) is 0.908. The number of carbonyl (C=O) groups excluding carboxylic acids is 1. The molecule has 0 spiro atoms. The zero-order chi connectivity index (χ0) is 13.4. The lowest BCUT2D eigenvalue weighted by Crippen LogP contribution is -2.09. The van der Waals surface area contributed by atoms with Crippen LogP contribution in [0, 0.1) is 0 Å². The number of hydrogen-bond acceptors (Lipinski definition) is 3. The second-order valence-electron chi connectivity index (χ2n) is 4.03. The number of carbonyl (C=O) groups is 2. The Kier molecular flexibility index (Phi) is 2.82. The van der Waals surface area contributed by atoms with E-state index in [0.29, 0.717) is 16.7 Å². The van der Waals surface area contributed by atoms with Gasteiger partial charge in [0.2, 0.25) is 0 Å². The maximum Gasteiger partial charge on any atom is 0.353 e. The Labute approximate surface area is 104 Å². The molecule has 0 saturated heterocycles. The standard InChI is InChI=1S/C13H13NO4/c1-7(15)11-9-5-4-8(18-3)6-10(9)14(2)12(11)13(16)17/h4-6H,1-3H3,(H,16,17). The molecule has 0 aliphatic heterocycles. The van der Waals surface area contributed by atoms with Crippen molar-refractivity contribution in [2.75, 3.05) is 7.11 Å². The summed E-state index contributed by atoms with van der Waals surface area (Å²) >= 11 is 0. The molecule has 0 aliphatic carbocycles. The number of carboxylic acids is 1. The smallest absolute Gasteiger partial charge is 0.353 e. The third-order valence-electron chi connectivity index (χ3n) is 2.96. The van der Waals surface area contributed by atoms with Gasteiger partial charge in [0.15, 0.2) is 5.78 Å². The normalized spacial score (nSPS) is 10.6. The minimum absolute atomic E-state index is 0.00533. The minimum atomic E-state index is -1.11. The summed E-state index contributed by atoms with van der Waals surface area (Å²) < 4.78 is 6.60. The second kappa shape index (κ2) is 4.18. The number of aromatic nitrogens is 1. The number of Topliss-reactive ketones (excluding diaryl/α,β-unsaturated/α-hetero) is 1. The quantitative estimate of drug-likeness (QED) is 0.843. The first-order valence-electron chi connectivity index (χ1n) is 5.38. The molecule has 1 heterocycles. The maximum absolute atomic E-state index is 11.6. The molecule has 5 heteroatoms. The molecular weight excluding hydrogens is 234 g/mol. The highest BCUT2D eigenvalue weighted by atomic mass is 16.5. The van der Waals surface area contributed by atoms with Crippen LogP contribution in [0.3, 0.4) is 0 Å². The van der Waals surface area contributed by atoms with Gasteiger partial charge in [0.05, 0.1) is 18.2 Å².